The van der Waals surface area contributed by atoms with E-state index in [0.29, 0.717) is 17.8 Å². The molecule has 0 fully saturated rings. The molecule has 0 saturated carbocycles. The van der Waals surface area contributed by atoms with Crippen LogP contribution in [0.4, 0.5) is 5.69 Å². The van der Waals surface area contributed by atoms with Crippen molar-refractivity contribution in [3.8, 4) is 0 Å². The average molecular weight is 324 g/mol. The fraction of sp³-hybridized carbons (Fsp3) is 0.111. The minimum atomic E-state index is -0.161. The van der Waals surface area contributed by atoms with Gasteiger partial charge >= 0.3 is 4.87 Å². The molecular formula is C18H16N2O2S. The fourth-order valence-electron chi connectivity index (χ4n) is 2.44. The van der Waals surface area contributed by atoms with E-state index in [-0.39, 0.29) is 10.8 Å². The zero-order chi connectivity index (χ0) is 16.4. The Balaban J connectivity index is 1.91. The van der Waals surface area contributed by atoms with Gasteiger partial charge in [-0.3, -0.25) is 14.2 Å². The second-order valence-electron chi connectivity index (χ2n) is 5.27. The number of carbonyl (C=O) groups excluding carboxylic acids is 1. The number of amides is 1. The van der Waals surface area contributed by atoms with Crippen LogP contribution in [0, 0.1) is 6.92 Å². The van der Waals surface area contributed by atoms with Crippen molar-refractivity contribution in [3.63, 3.8) is 0 Å². The number of thiazole rings is 1. The SMILES string of the molecule is C=CCn1c(=O)sc2cc(NC(=O)c3cccc(C)c3)ccc21. The van der Waals surface area contributed by atoms with Gasteiger partial charge in [-0.2, -0.15) is 0 Å². The van der Waals surface area contributed by atoms with Gasteiger partial charge in [-0.25, -0.2) is 0 Å². The number of nitrogens with one attached hydrogen (secondary N) is 1. The topological polar surface area (TPSA) is 51.1 Å². The molecule has 0 radical (unpaired) electrons. The molecule has 4 nitrogen and oxygen atoms in total. The van der Waals surface area contributed by atoms with Crippen LogP contribution in [-0.4, -0.2) is 10.5 Å². The van der Waals surface area contributed by atoms with Gasteiger partial charge in [0.1, 0.15) is 0 Å². The first-order chi connectivity index (χ1) is 11.1. The molecule has 116 valence electrons. The summed E-state index contributed by atoms with van der Waals surface area (Å²) in [5, 5.41) is 2.87. The summed E-state index contributed by atoms with van der Waals surface area (Å²) < 4.78 is 2.51. The van der Waals surface area contributed by atoms with Gasteiger partial charge in [0.05, 0.1) is 10.2 Å². The standard InChI is InChI=1S/C18H16N2O2S/c1-3-9-20-15-8-7-14(11-16(15)23-18(20)22)19-17(21)13-6-4-5-12(2)10-13/h3-8,10-11H,1,9H2,2H3,(H,19,21). The van der Waals surface area contributed by atoms with Crippen LogP contribution >= 0.6 is 11.3 Å². The quantitative estimate of drug-likeness (QED) is 0.742. The predicted molar refractivity (Wildman–Crippen MR) is 95.4 cm³/mol. The van der Waals surface area contributed by atoms with Crippen molar-refractivity contribution in [1.29, 1.82) is 0 Å². The molecule has 0 atom stereocenters. The third kappa shape index (κ3) is 3.10. The van der Waals surface area contributed by atoms with Crippen LogP contribution in [0.5, 0.6) is 0 Å². The maximum absolute atomic E-state index is 12.3. The molecule has 2 aromatic carbocycles. The number of carbonyl (C=O) groups is 1. The van der Waals surface area contributed by atoms with Crippen molar-refractivity contribution >= 4 is 33.1 Å². The molecule has 1 N–H and O–H groups in total. The first-order valence-electron chi connectivity index (χ1n) is 7.21. The summed E-state index contributed by atoms with van der Waals surface area (Å²) in [6.45, 7) is 6.10. The van der Waals surface area contributed by atoms with Crippen LogP contribution < -0.4 is 10.2 Å². The molecule has 23 heavy (non-hydrogen) atoms. The molecule has 0 aliphatic rings. The van der Waals surface area contributed by atoms with Crippen molar-refractivity contribution in [1.82, 2.24) is 4.57 Å². The van der Waals surface area contributed by atoms with E-state index in [1.54, 1.807) is 16.7 Å². The molecule has 1 heterocycles. The van der Waals surface area contributed by atoms with Crippen LogP contribution in [-0.2, 0) is 6.54 Å². The number of benzene rings is 2. The van der Waals surface area contributed by atoms with Gasteiger partial charge in [0, 0.05) is 17.8 Å². The lowest BCUT2D eigenvalue weighted by Crippen LogP contribution is -2.12. The van der Waals surface area contributed by atoms with E-state index >= 15 is 0 Å². The highest BCUT2D eigenvalue weighted by molar-refractivity contribution is 7.16. The Morgan fingerprint density at radius 3 is 2.87 bits per heavy atom. The minimum Gasteiger partial charge on any atom is -0.322 e. The number of rotatable bonds is 4. The third-order valence-corrected chi connectivity index (χ3v) is 4.46. The zero-order valence-corrected chi connectivity index (χ0v) is 13.5. The normalized spacial score (nSPS) is 10.7. The van der Waals surface area contributed by atoms with E-state index < -0.39 is 0 Å². The van der Waals surface area contributed by atoms with E-state index in [0.717, 1.165) is 15.8 Å². The zero-order valence-electron chi connectivity index (χ0n) is 12.7. The Kier molecular flexibility index (Phi) is 4.12. The average Bonchev–Trinajstić information content (AvgIpc) is 2.83. The molecule has 1 aromatic heterocycles. The summed E-state index contributed by atoms with van der Waals surface area (Å²) in [5.74, 6) is -0.161. The molecule has 3 aromatic rings. The van der Waals surface area contributed by atoms with Gasteiger partial charge in [-0.1, -0.05) is 35.1 Å². The van der Waals surface area contributed by atoms with Gasteiger partial charge in [-0.05, 0) is 37.3 Å². The first-order valence-corrected chi connectivity index (χ1v) is 8.02. The molecule has 3 rings (SSSR count). The van der Waals surface area contributed by atoms with Crippen LogP contribution in [0.2, 0.25) is 0 Å². The maximum Gasteiger partial charge on any atom is 0.308 e. The number of hydrogen-bond acceptors (Lipinski definition) is 3. The van der Waals surface area contributed by atoms with Crippen molar-refractivity contribution in [2.24, 2.45) is 0 Å². The Morgan fingerprint density at radius 2 is 2.13 bits per heavy atom. The van der Waals surface area contributed by atoms with E-state index in [9.17, 15) is 9.59 Å². The van der Waals surface area contributed by atoms with E-state index in [1.165, 1.54) is 11.3 Å². The number of nitrogens with zero attached hydrogens (tertiary/aromatic N) is 1. The summed E-state index contributed by atoms with van der Waals surface area (Å²) in [6.07, 6.45) is 1.70. The third-order valence-electron chi connectivity index (χ3n) is 3.52. The van der Waals surface area contributed by atoms with Crippen LogP contribution in [0.1, 0.15) is 15.9 Å². The Labute approximate surface area is 137 Å². The molecule has 0 aliphatic heterocycles. The Morgan fingerprint density at radius 1 is 1.30 bits per heavy atom. The number of aromatic nitrogens is 1. The van der Waals surface area contributed by atoms with E-state index in [4.69, 9.17) is 0 Å². The molecule has 1 amide bonds. The summed E-state index contributed by atoms with van der Waals surface area (Å²) in [6, 6.07) is 12.9. The number of aryl methyl sites for hydroxylation is 1. The monoisotopic (exact) mass is 324 g/mol. The van der Waals surface area contributed by atoms with Gasteiger partial charge in [0.2, 0.25) is 0 Å². The van der Waals surface area contributed by atoms with E-state index in [1.807, 2.05) is 43.3 Å². The Bertz CT molecular complexity index is 953. The molecular weight excluding hydrogens is 308 g/mol. The van der Waals surface area contributed by atoms with Crippen molar-refractivity contribution in [2.75, 3.05) is 5.32 Å². The molecule has 0 saturated heterocycles. The molecule has 0 unspecified atom stereocenters. The number of hydrogen-bond donors (Lipinski definition) is 1. The highest BCUT2D eigenvalue weighted by Gasteiger charge is 2.10. The summed E-state index contributed by atoms with van der Waals surface area (Å²) in [5.41, 5.74) is 3.18. The van der Waals surface area contributed by atoms with Crippen LogP contribution in [0.15, 0.2) is 59.9 Å². The van der Waals surface area contributed by atoms with E-state index in [2.05, 4.69) is 11.9 Å². The molecule has 0 bridgehead atoms. The fourth-order valence-corrected chi connectivity index (χ4v) is 3.38. The smallest absolute Gasteiger partial charge is 0.308 e. The number of allylic oxidation sites excluding steroid dienone is 1. The van der Waals surface area contributed by atoms with Gasteiger partial charge in [0.15, 0.2) is 0 Å². The molecule has 5 heteroatoms. The second-order valence-corrected chi connectivity index (χ2v) is 6.27. The maximum atomic E-state index is 12.3. The highest BCUT2D eigenvalue weighted by Crippen LogP contribution is 2.22. The predicted octanol–water partition coefficient (Wildman–Crippen LogP) is 3.81. The van der Waals surface area contributed by atoms with Gasteiger partial charge in [0.25, 0.3) is 5.91 Å². The summed E-state index contributed by atoms with van der Waals surface area (Å²) >= 11 is 1.17. The highest BCUT2D eigenvalue weighted by atomic mass is 32.1. The summed E-state index contributed by atoms with van der Waals surface area (Å²) in [4.78, 5) is 24.2. The van der Waals surface area contributed by atoms with Crippen molar-refractivity contribution in [3.05, 3.63) is 75.9 Å². The van der Waals surface area contributed by atoms with Crippen molar-refractivity contribution in [2.45, 2.75) is 13.5 Å². The summed E-state index contributed by atoms with van der Waals surface area (Å²) in [7, 11) is 0. The van der Waals surface area contributed by atoms with Crippen molar-refractivity contribution < 1.29 is 4.79 Å². The van der Waals surface area contributed by atoms with Gasteiger partial charge in [-0.15, -0.1) is 6.58 Å². The number of anilines is 1. The lowest BCUT2D eigenvalue weighted by Gasteiger charge is -2.06. The minimum absolute atomic E-state index is 0.0259. The first kappa shape index (κ1) is 15.2. The number of fused-ring (bicyclic) bond motifs is 1. The molecule has 0 spiro atoms. The largest absolute Gasteiger partial charge is 0.322 e. The second kappa shape index (κ2) is 6.22. The van der Waals surface area contributed by atoms with Gasteiger partial charge < -0.3 is 5.32 Å². The van der Waals surface area contributed by atoms with Crippen LogP contribution in [0.25, 0.3) is 10.2 Å². The Hall–Kier alpha value is -2.66. The van der Waals surface area contributed by atoms with Crippen LogP contribution in [0.3, 0.4) is 0 Å². The lowest BCUT2D eigenvalue weighted by atomic mass is 10.1. The lowest BCUT2D eigenvalue weighted by molar-refractivity contribution is 0.102. The molecule has 0 aliphatic carbocycles.